The third-order valence-corrected chi connectivity index (χ3v) is 1.63. The largest absolute Gasteiger partial charge is 0.470 e. The van der Waals surface area contributed by atoms with E-state index in [0.29, 0.717) is 0 Å². The summed E-state index contributed by atoms with van der Waals surface area (Å²) >= 11 is 2.80. The maximum absolute atomic E-state index is 10.3. The zero-order chi connectivity index (χ0) is 8.20. The van der Waals surface area contributed by atoms with Crippen molar-refractivity contribution < 1.29 is 23.7 Å². The summed E-state index contributed by atoms with van der Waals surface area (Å²) in [6.07, 6.45) is 0. The van der Waals surface area contributed by atoms with Gasteiger partial charge in [-0.15, -0.1) is 0 Å². The first kappa shape index (κ1) is 10.3. The van der Waals surface area contributed by atoms with Gasteiger partial charge >= 0.3 is 7.82 Å². The molecular formula is C3H6BrO5P. The molecule has 5 nitrogen and oxygen atoms in total. The van der Waals surface area contributed by atoms with Crippen molar-refractivity contribution in [1.29, 1.82) is 0 Å². The molecule has 7 heteroatoms. The Labute approximate surface area is 65.7 Å². The van der Waals surface area contributed by atoms with Gasteiger partial charge in [0.05, 0.1) is 5.33 Å². The highest BCUT2D eigenvalue weighted by Gasteiger charge is 2.15. The Bertz CT molecular complexity index is 162. The standard InChI is InChI=1S/C3H6BrO5P/c4-1-3(5)2-9-10(6,7)8/h1-2H2,(H2,6,7,8). The number of rotatable bonds is 4. The number of alkyl halides is 1. The zero-order valence-electron chi connectivity index (χ0n) is 4.86. The lowest BCUT2D eigenvalue weighted by molar-refractivity contribution is -0.118. The van der Waals surface area contributed by atoms with Crippen LogP contribution in [0.25, 0.3) is 0 Å². The monoisotopic (exact) mass is 232 g/mol. The average molecular weight is 233 g/mol. The van der Waals surface area contributed by atoms with Crippen LogP contribution in [-0.2, 0) is 13.9 Å². The highest BCUT2D eigenvalue weighted by atomic mass is 79.9. The molecule has 0 heterocycles. The maximum Gasteiger partial charge on any atom is 0.470 e. The summed E-state index contributed by atoms with van der Waals surface area (Å²) in [5.74, 6) is -0.414. The number of Topliss-reactive ketones (excluding diaryl/α,β-unsaturated/α-hetero) is 1. The van der Waals surface area contributed by atoms with Gasteiger partial charge in [-0.05, 0) is 0 Å². The maximum atomic E-state index is 10.3. The molecule has 0 aromatic carbocycles. The normalized spacial score (nSPS) is 11.5. The molecule has 0 saturated heterocycles. The van der Waals surface area contributed by atoms with Crippen LogP contribution in [-0.4, -0.2) is 27.5 Å². The van der Waals surface area contributed by atoms with Gasteiger partial charge < -0.3 is 9.79 Å². The predicted molar refractivity (Wildman–Crippen MR) is 36.8 cm³/mol. The molecule has 0 fully saturated rings. The van der Waals surface area contributed by atoms with Crippen molar-refractivity contribution in [3.63, 3.8) is 0 Å². The fourth-order valence-corrected chi connectivity index (χ4v) is 0.669. The Morgan fingerprint density at radius 2 is 2.10 bits per heavy atom. The molecule has 60 valence electrons. The van der Waals surface area contributed by atoms with Gasteiger partial charge in [-0.2, -0.15) is 0 Å². The van der Waals surface area contributed by atoms with E-state index < -0.39 is 20.2 Å². The number of carbonyl (C=O) groups is 1. The second-order valence-electron chi connectivity index (χ2n) is 1.44. The second kappa shape index (κ2) is 4.20. The number of hydrogen-bond acceptors (Lipinski definition) is 3. The fourth-order valence-electron chi connectivity index (χ4n) is 0.195. The van der Waals surface area contributed by atoms with Crippen LogP contribution in [0.1, 0.15) is 0 Å². The van der Waals surface area contributed by atoms with Gasteiger partial charge in [-0.1, -0.05) is 15.9 Å². The quantitative estimate of drug-likeness (QED) is 0.529. The van der Waals surface area contributed by atoms with Crippen molar-refractivity contribution in [2.45, 2.75) is 0 Å². The van der Waals surface area contributed by atoms with Crippen molar-refractivity contribution in [3.8, 4) is 0 Å². The van der Waals surface area contributed by atoms with E-state index >= 15 is 0 Å². The van der Waals surface area contributed by atoms with Gasteiger partial charge in [0, 0.05) is 0 Å². The molecule has 0 rings (SSSR count). The summed E-state index contributed by atoms with van der Waals surface area (Å²) < 4.78 is 13.8. The van der Waals surface area contributed by atoms with E-state index in [4.69, 9.17) is 9.79 Å². The summed E-state index contributed by atoms with van der Waals surface area (Å²) in [6, 6.07) is 0. The lowest BCUT2D eigenvalue weighted by atomic mass is 10.5. The van der Waals surface area contributed by atoms with E-state index in [1.165, 1.54) is 0 Å². The summed E-state index contributed by atoms with van der Waals surface area (Å²) in [5, 5.41) is 0.0347. The van der Waals surface area contributed by atoms with E-state index in [1.54, 1.807) is 0 Å². The van der Waals surface area contributed by atoms with Crippen molar-refractivity contribution in [2.24, 2.45) is 0 Å². The van der Waals surface area contributed by atoms with Crippen molar-refractivity contribution in [3.05, 3.63) is 0 Å². The Morgan fingerprint density at radius 3 is 2.40 bits per heavy atom. The lowest BCUT2D eigenvalue weighted by Gasteiger charge is -2.01. The molecule has 2 N–H and O–H groups in total. The van der Waals surface area contributed by atoms with Gasteiger partial charge in [0.1, 0.15) is 6.61 Å². The van der Waals surface area contributed by atoms with Crippen LogP contribution >= 0.6 is 23.8 Å². The Kier molecular flexibility index (Phi) is 4.31. The van der Waals surface area contributed by atoms with Gasteiger partial charge in [0.2, 0.25) is 0 Å². The molecule has 0 radical (unpaired) electrons. The van der Waals surface area contributed by atoms with Crippen molar-refractivity contribution in [2.75, 3.05) is 11.9 Å². The molecule has 0 aliphatic heterocycles. The van der Waals surface area contributed by atoms with Crippen LogP contribution in [0.3, 0.4) is 0 Å². The number of halogens is 1. The van der Waals surface area contributed by atoms with Crippen LogP contribution in [0.2, 0.25) is 0 Å². The smallest absolute Gasteiger partial charge is 0.303 e. The first-order valence-electron chi connectivity index (χ1n) is 2.23. The molecular weight excluding hydrogens is 227 g/mol. The van der Waals surface area contributed by atoms with E-state index in [2.05, 4.69) is 20.5 Å². The van der Waals surface area contributed by atoms with Gasteiger partial charge in [0.25, 0.3) is 0 Å². The summed E-state index contributed by atoms with van der Waals surface area (Å²) in [7, 11) is -4.47. The van der Waals surface area contributed by atoms with E-state index in [0.717, 1.165) is 0 Å². The Morgan fingerprint density at radius 1 is 1.60 bits per heavy atom. The molecule has 0 unspecified atom stereocenters. The minimum atomic E-state index is -4.47. The number of ketones is 1. The van der Waals surface area contributed by atoms with Crippen LogP contribution in [0, 0.1) is 0 Å². The number of hydrogen-bond donors (Lipinski definition) is 2. The number of phosphoric acid groups is 1. The molecule has 0 spiro atoms. The third kappa shape index (κ3) is 6.38. The van der Waals surface area contributed by atoms with E-state index in [1.807, 2.05) is 0 Å². The zero-order valence-corrected chi connectivity index (χ0v) is 7.34. The van der Waals surface area contributed by atoms with Gasteiger partial charge in [0.15, 0.2) is 5.78 Å². The summed E-state index contributed by atoms with van der Waals surface area (Å²) in [5.41, 5.74) is 0. The van der Waals surface area contributed by atoms with Crippen molar-refractivity contribution in [1.82, 2.24) is 0 Å². The summed E-state index contributed by atoms with van der Waals surface area (Å²) in [4.78, 5) is 26.5. The van der Waals surface area contributed by atoms with Crippen LogP contribution < -0.4 is 0 Å². The Balaban J connectivity index is 3.56. The lowest BCUT2D eigenvalue weighted by Crippen LogP contribution is -2.07. The van der Waals surface area contributed by atoms with Gasteiger partial charge in [-0.25, -0.2) is 4.57 Å². The van der Waals surface area contributed by atoms with Crippen LogP contribution in [0.4, 0.5) is 0 Å². The Hall–Kier alpha value is 0.260. The average Bonchev–Trinajstić information content (AvgIpc) is 1.81. The first-order valence-corrected chi connectivity index (χ1v) is 4.88. The minimum absolute atomic E-state index is 0.0347. The molecule has 0 bridgehead atoms. The summed E-state index contributed by atoms with van der Waals surface area (Å²) in [6.45, 7) is -0.560. The second-order valence-corrected chi connectivity index (χ2v) is 3.24. The van der Waals surface area contributed by atoms with Crippen LogP contribution in [0.15, 0.2) is 0 Å². The fraction of sp³-hybridized carbons (Fsp3) is 0.667. The number of carbonyl (C=O) groups excluding carboxylic acids is 1. The highest BCUT2D eigenvalue weighted by molar-refractivity contribution is 9.09. The minimum Gasteiger partial charge on any atom is -0.303 e. The molecule has 0 aliphatic rings. The van der Waals surface area contributed by atoms with Gasteiger partial charge in [-0.3, -0.25) is 9.32 Å². The van der Waals surface area contributed by atoms with Crippen LogP contribution in [0.5, 0.6) is 0 Å². The number of phosphoric ester groups is 1. The molecule has 0 saturated carbocycles. The molecule has 0 atom stereocenters. The van der Waals surface area contributed by atoms with Crippen molar-refractivity contribution >= 4 is 29.5 Å². The predicted octanol–water partition coefficient (Wildman–Crippen LogP) is 0.0597. The molecule has 0 aromatic rings. The molecule has 10 heavy (non-hydrogen) atoms. The molecule has 0 amide bonds. The molecule has 0 aromatic heterocycles. The first-order chi connectivity index (χ1) is 4.45. The topological polar surface area (TPSA) is 83.8 Å². The SMILES string of the molecule is O=C(CBr)COP(=O)(O)O. The highest BCUT2D eigenvalue weighted by Crippen LogP contribution is 2.35. The third-order valence-electron chi connectivity index (χ3n) is 0.543. The van der Waals surface area contributed by atoms with E-state index in [-0.39, 0.29) is 5.33 Å². The van der Waals surface area contributed by atoms with E-state index in [9.17, 15) is 9.36 Å². The molecule has 0 aliphatic carbocycles.